The number of hydrogen-bond donors (Lipinski definition) is 4. The van der Waals surface area contributed by atoms with Crippen LogP contribution < -0.4 is 0 Å². The van der Waals surface area contributed by atoms with E-state index in [9.17, 15) is 9.59 Å². The van der Waals surface area contributed by atoms with Crippen molar-refractivity contribution in [1.82, 2.24) is 0 Å². The van der Waals surface area contributed by atoms with Crippen LogP contribution in [0.1, 0.15) is 12.8 Å². The van der Waals surface area contributed by atoms with Crippen LogP contribution in [0.5, 0.6) is 0 Å². The fourth-order valence-electron chi connectivity index (χ4n) is 3.51. The van der Waals surface area contributed by atoms with Gasteiger partial charge >= 0.3 is 11.9 Å². The summed E-state index contributed by atoms with van der Waals surface area (Å²) in [5, 5.41) is 31.4. The van der Waals surface area contributed by atoms with Crippen LogP contribution in [-0.4, -0.2) is 72.0 Å². The smallest absolute Gasteiger partial charge is 0.338 e. The minimum atomic E-state index is -0.579. The van der Waals surface area contributed by atoms with Crippen molar-refractivity contribution in [2.75, 3.05) is 39.6 Å². The third kappa shape index (κ3) is 8.45. The Kier molecular flexibility index (Phi) is 12.3. The Morgan fingerprint density at radius 3 is 1.86 bits per heavy atom. The summed E-state index contributed by atoms with van der Waals surface area (Å²) in [6, 6.07) is 0. The minimum absolute atomic E-state index is 0.0278. The highest BCUT2D eigenvalue weighted by Crippen LogP contribution is 2.52. The van der Waals surface area contributed by atoms with Gasteiger partial charge in [0.2, 0.25) is 0 Å². The van der Waals surface area contributed by atoms with E-state index in [0.717, 1.165) is 35.8 Å². The zero-order chi connectivity index (χ0) is 20.8. The molecule has 0 aromatic heterocycles. The third-order valence-corrected chi connectivity index (χ3v) is 4.58. The summed E-state index contributed by atoms with van der Waals surface area (Å²) in [5.74, 6) is 2.67. The van der Waals surface area contributed by atoms with E-state index in [1.54, 1.807) is 0 Å². The number of fused-ring (bicyclic) bond motifs is 5. The molecule has 0 saturated heterocycles. The number of hydrogen-bond acceptors (Lipinski definition) is 8. The van der Waals surface area contributed by atoms with Crippen LogP contribution in [0.4, 0.5) is 0 Å². The normalized spacial score (nSPS) is 27.3. The van der Waals surface area contributed by atoms with Crippen molar-refractivity contribution in [2.45, 2.75) is 12.8 Å². The number of cyclic esters (lactones) is 2. The summed E-state index contributed by atoms with van der Waals surface area (Å²) in [5.41, 5.74) is 0. The van der Waals surface area contributed by atoms with Crippen LogP contribution in [-0.2, 0) is 19.1 Å². The number of aliphatic hydroxyl groups is 4. The second kappa shape index (κ2) is 14.2. The zero-order valence-electron chi connectivity index (χ0n) is 15.9. The van der Waals surface area contributed by atoms with E-state index in [-0.39, 0.29) is 26.4 Å². The van der Waals surface area contributed by atoms with Gasteiger partial charge in [-0.25, -0.2) is 9.59 Å². The average molecular weight is 398 g/mol. The van der Waals surface area contributed by atoms with Crippen molar-refractivity contribution in [1.29, 1.82) is 0 Å². The maximum Gasteiger partial charge on any atom is 0.338 e. The Labute approximate surface area is 164 Å². The van der Waals surface area contributed by atoms with Crippen molar-refractivity contribution in [3.63, 3.8) is 0 Å². The summed E-state index contributed by atoms with van der Waals surface area (Å²) in [6.45, 7) is 0.446. The topological polar surface area (TPSA) is 134 Å². The molecule has 0 radical (unpaired) electrons. The fourth-order valence-corrected chi connectivity index (χ4v) is 3.51. The van der Waals surface area contributed by atoms with Crippen LogP contribution in [0.15, 0.2) is 36.5 Å². The summed E-state index contributed by atoms with van der Waals surface area (Å²) >= 11 is 0. The first-order valence-corrected chi connectivity index (χ1v) is 9.37. The standard InChI is InChI=1S/C10H12.C4H2O3.C4H10O3.C2H6O2/c1-2-9-7-4-5-8(6-7)10(9)3-1;5-3-1-2-4(6)7-3;5-1-3-7-4-2-6;3-1-2-4/h1-2,4-5,7-10H,3,6H2;1-2H;5-6H,1-4H2;3-4H,1-2H2. The van der Waals surface area contributed by atoms with Gasteiger partial charge in [-0.1, -0.05) is 24.3 Å². The molecule has 4 N–H and O–H groups in total. The van der Waals surface area contributed by atoms with E-state index in [1.807, 2.05) is 0 Å². The molecule has 8 nitrogen and oxygen atoms in total. The summed E-state index contributed by atoms with van der Waals surface area (Å²) < 4.78 is 8.60. The molecule has 1 saturated carbocycles. The number of rotatable bonds is 5. The van der Waals surface area contributed by atoms with Crippen LogP contribution in [0.3, 0.4) is 0 Å². The van der Waals surface area contributed by atoms with E-state index >= 15 is 0 Å². The summed E-state index contributed by atoms with van der Waals surface area (Å²) in [6.07, 6.45) is 14.7. The van der Waals surface area contributed by atoms with Crippen LogP contribution in [0, 0.1) is 23.7 Å². The molecule has 158 valence electrons. The van der Waals surface area contributed by atoms with E-state index < -0.39 is 11.9 Å². The maximum absolute atomic E-state index is 9.92. The number of ether oxygens (including phenoxy) is 2. The summed E-state index contributed by atoms with van der Waals surface area (Å²) in [4.78, 5) is 19.8. The molecule has 4 rings (SSSR count). The Morgan fingerprint density at radius 2 is 1.43 bits per heavy atom. The van der Waals surface area contributed by atoms with Gasteiger partial charge in [-0.15, -0.1) is 0 Å². The maximum atomic E-state index is 9.92. The molecule has 1 heterocycles. The van der Waals surface area contributed by atoms with Gasteiger partial charge in [0.1, 0.15) is 0 Å². The Bertz CT molecular complexity index is 532. The Hall–Kier alpha value is -1.84. The number of esters is 2. The van der Waals surface area contributed by atoms with Gasteiger partial charge in [0, 0.05) is 12.2 Å². The average Bonchev–Trinajstić information content (AvgIpc) is 3.47. The SMILES string of the molecule is C1=CC2C3C=CC(C3)C2C1.O=C1C=CC(=O)O1.OCCO.OCCOCCO. The van der Waals surface area contributed by atoms with Crippen molar-refractivity contribution in [2.24, 2.45) is 23.7 Å². The molecule has 0 aromatic carbocycles. The molecule has 0 amide bonds. The lowest BCUT2D eigenvalue weighted by molar-refractivity contribution is -0.150. The number of aliphatic hydroxyl groups excluding tert-OH is 4. The lowest BCUT2D eigenvalue weighted by Crippen LogP contribution is -2.12. The molecule has 4 atom stereocenters. The van der Waals surface area contributed by atoms with E-state index in [4.69, 9.17) is 20.4 Å². The highest BCUT2D eigenvalue weighted by Gasteiger charge is 2.44. The summed E-state index contributed by atoms with van der Waals surface area (Å²) in [7, 11) is 0. The molecule has 0 aromatic rings. The third-order valence-electron chi connectivity index (χ3n) is 4.58. The van der Waals surface area contributed by atoms with Crippen LogP contribution in [0.2, 0.25) is 0 Å². The molecule has 4 unspecified atom stereocenters. The van der Waals surface area contributed by atoms with Crippen molar-refractivity contribution in [3.05, 3.63) is 36.5 Å². The molecule has 2 bridgehead atoms. The molecule has 8 heteroatoms. The van der Waals surface area contributed by atoms with Crippen molar-refractivity contribution >= 4 is 11.9 Å². The number of carbonyl (C=O) groups is 2. The molecular formula is C20H30O8. The molecule has 28 heavy (non-hydrogen) atoms. The van der Waals surface area contributed by atoms with Crippen molar-refractivity contribution in [3.8, 4) is 0 Å². The van der Waals surface area contributed by atoms with Gasteiger partial charge in [0.05, 0.1) is 39.6 Å². The number of carbonyl (C=O) groups excluding carboxylic acids is 2. The molecule has 4 aliphatic rings. The molecule has 0 spiro atoms. The lowest BCUT2D eigenvalue weighted by Gasteiger charge is -2.18. The first-order chi connectivity index (χ1) is 13.6. The fraction of sp³-hybridized carbons (Fsp3) is 0.600. The quantitative estimate of drug-likeness (QED) is 0.220. The second-order valence-electron chi connectivity index (χ2n) is 6.43. The minimum Gasteiger partial charge on any atom is -0.394 e. The van der Waals surface area contributed by atoms with Gasteiger partial charge in [-0.3, -0.25) is 0 Å². The van der Waals surface area contributed by atoms with Gasteiger partial charge in [-0.05, 0) is 36.5 Å². The monoisotopic (exact) mass is 398 g/mol. The zero-order valence-corrected chi connectivity index (χ0v) is 15.9. The highest BCUT2D eigenvalue weighted by molar-refractivity contribution is 6.04. The lowest BCUT2D eigenvalue weighted by atomic mass is 9.86. The largest absolute Gasteiger partial charge is 0.394 e. The van der Waals surface area contributed by atoms with E-state index in [1.165, 1.54) is 12.8 Å². The van der Waals surface area contributed by atoms with Gasteiger partial charge in [-0.2, -0.15) is 0 Å². The van der Waals surface area contributed by atoms with Gasteiger partial charge in [0.15, 0.2) is 0 Å². The van der Waals surface area contributed by atoms with E-state index in [0.29, 0.717) is 13.2 Å². The van der Waals surface area contributed by atoms with Crippen LogP contribution >= 0.6 is 0 Å². The van der Waals surface area contributed by atoms with Gasteiger partial charge in [0.25, 0.3) is 0 Å². The van der Waals surface area contributed by atoms with Crippen LogP contribution in [0.25, 0.3) is 0 Å². The van der Waals surface area contributed by atoms with Crippen molar-refractivity contribution < 1.29 is 39.5 Å². The Morgan fingerprint density at radius 1 is 0.857 bits per heavy atom. The Balaban J connectivity index is 0.000000197. The number of allylic oxidation sites excluding steroid dienone is 4. The first-order valence-electron chi connectivity index (χ1n) is 9.37. The second-order valence-corrected chi connectivity index (χ2v) is 6.43. The molecule has 1 aliphatic heterocycles. The van der Waals surface area contributed by atoms with Gasteiger partial charge < -0.3 is 29.9 Å². The molecule has 3 aliphatic carbocycles. The first kappa shape index (κ1) is 24.2. The highest BCUT2D eigenvalue weighted by atomic mass is 16.6. The predicted molar refractivity (Wildman–Crippen MR) is 101 cm³/mol. The molecular weight excluding hydrogens is 368 g/mol. The van der Waals surface area contributed by atoms with E-state index in [2.05, 4.69) is 33.8 Å². The predicted octanol–water partition coefficient (Wildman–Crippen LogP) is -0.0308. The molecule has 1 fully saturated rings.